The number of benzene rings is 1. The van der Waals surface area contributed by atoms with Crippen LogP contribution in [0.4, 0.5) is 17.6 Å². The Bertz CT molecular complexity index is 684. The maximum Gasteiger partial charge on any atom is 0.419 e. The van der Waals surface area contributed by atoms with E-state index in [9.17, 15) is 26.0 Å². The van der Waals surface area contributed by atoms with Crippen LogP contribution < -0.4 is 10.0 Å². The van der Waals surface area contributed by atoms with E-state index in [4.69, 9.17) is 0 Å². The molecule has 0 radical (unpaired) electrons. The van der Waals surface area contributed by atoms with Crippen molar-refractivity contribution in [1.82, 2.24) is 10.0 Å². The largest absolute Gasteiger partial charge is 0.419 e. The Morgan fingerprint density at radius 2 is 2.00 bits per heavy atom. The summed E-state index contributed by atoms with van der Waals surface area (Å²) in [4.78, 5) is -0.535. The molecule has 0 spiro atoms. The first kappa shape index (κ1) is 16.9. The summed E-state index contributed by atoms with van der Waals surface area (Å²) in [7, 11) is -4.06. The van der Waals surface area contributed by atoms with Gasteiger partial charge in [0.25, 0.3) is 0 Å². The van der Waals surface area contributed by atoms with Crippen LogP contribution in [0.5, 0.6) is 0 Å². The third-order valence-electron chi connectivity index (χ3n) is 3.20. The van der Waals surface area contributed by atoms with Crippen LogP contribution in [0.1, 0.15) is 12.0 Å². The van der Waals surface area contributed by atoms with Gasteiger partial charge in [-0.05, 0) is 31.2 Å². The molecular formula is C13H14F4N2O2S. The lowest BCUT2D eigenvalue weighted by Gasteiger charge is -2.15. The second kappa shape index (κ2) is 6.35. The van der Waals surface area contributed by atoms with Gasteiger partial charge in [-0.25, -0.2) is 17.5 Å². The third kappa shape index (κ3) is 4.05. The van der Waals surface area contributed by atoms with Crippen LogP contribution in [0.25, 0.3) is 0 Å². The van der Waals surface area contributed by atoms with Crippen LogP contribution in [-0.4, -0.2) is 28.1 Å². The maximum absolute atomic E-state index is 13.4. The van der Waals surface area contributed by atoms with Crippen LogP contribution in [0, 0.1) is 5.82 Å². The monoisotopic (exact) mass is 338 g/mol. The quantitative estimate of drug-likeness (QED) is 0.652. The van der Waals surface area contributed by atoms with E-state index in [1.54, 1.807) is 0 Å². The Labute approximate surface area is 125 Å². The zero-order valence-electron chi connectivity index (χ0n) is 11.4. The lowest BCUT2D eigenvalue weighted by Crippen LogP contribution is -2.29. The molecule has 0 fully saturated rings. The SMILES string of the molecule is O=S(=O)(NCC1=CCNCC1)c1ccc(C(F)(F)F)c(F)c1. The number of alkyl halides is 3. The standard InChI is InChI=1S/C13H14F4N2O2S/c14-12-7-10(1-2-11(12)13(15,16)17)22(20,21)19-8-9-3-5-18-6-4-9/h1-3,7,18-19H,4-6,8H2. The molecule has 0 saturated carbocycles. The van der Waals surface area contributed by atoms with Crippen molar-refractivity contribution >= 4 is 10.0 Å². The number of halogens is 4. The fourth-order valence-corrected chi connectivity index (χ4v) is 3.04. The molecule has 1 aliphatic rings. The molecule has 0 atom stereocenters. The van der Waals surface area contributed by atoms with Crippen LogP contribution in [0.15, 0.2) is 34.7 Å². The summed E-state index contributed by atoms with van der Waals surface area (Å²) in [6, 6.07) is 1.54. The molecule has 0 saturated heterocycles. The third-order valence-corrected chi connectivity index (χ3v) is 4.60. The van der Waals surface area contributed by atoms with Crippen LogP contribution in [-0.2, 0) is 16.2 Å². The van der Waals surface area contributed by atoms with Crippen molar-refractivity contribution in [2.45, 2.75) is 17.5 Å². The minimum absolute atomic E-state index is 0.0483. The molecule has 0 bridgehead atoms. The van der Waals surface area contributed by atoms with E-state index >= 15 is 0 Å². The van der Waals surface area contributed by atoms with Crippen molar-refractivity contribution in [2.24, 2.45) is 0 Å². The maximum atomic E-state index is 13.4. The Morgan fingerprint density at radius 1 is 1.27 bits per heavy atom. The molecule has 0 amide bonds. The van der Waals surface area contributed by atoms with Crippen molar-refractivity contribution < 1.29 is 26.0 Å². The molecular weight excluding hydrogens is 324 g/mol. The summed E-state index contributed by atoms with van der Waals surface area (Å²) in [5.74, 6) is -1.61. The Kier molecular flexibility index (Phi) is 4.88. The number of hydrogen-bond donors (Lipinski definition) is 2. The number of sulfonamides is 1. The van der Waals surface area contributed by atoms with Gasteiger partial charge in [-0.1, -0.05) is 11.6 Å². The molecule has 122 valence electrons. The van der Waals surface area contributed by atoms with Gasteiger partial charge in [0.05, 0.1) is 10.5 Å². The molecule has 0 aromatic heterocycles. The van der Waals surface area contributed by atoms with E-state index in [-0.39, 0.29) is 6.54 Å². The van der Waals surface area contributed by atoms with Gasteiger partial charge in [-0.2, -0.15) is 13.2 Å². The van der Waals surface area contributed by atoms with Crippen molar-refractivity contribution in [2.75, 3.05) is 19.6 Å². The van der Waals surface area contributed by atoms with Crippen LogP contribution in [0.3, 0.4) is 0 Å². The predicted molar refractivity (Wildman–Crippen MR) is 72.2 cm³/mol. The highest BCUT2D eigenvalue weighted by molar-refractivity contribution is 7.89. The highest BCUT2D eigenvalue weighted by atomic mass is 32.2. The average Bonchev–Trinajstić information content (AvgIpc) is 2.45. The summed E-state index contributed by atoms with van der Waals surface area (Å²) >= 11 is 0. The minimum Gasteiger partial charge on any atom is -0.313 e. The van der Waals surface area contributed by atoms with Gasteiger partial charge in [-0.15, -0.1) is 0 Å². The molecule has 1 aromatic rings. The van der Waals surface area contributed by atoms with E-state index in [1.807, 2.05) is 6.08 Å². The van der Waals surface area contributed by atoms with Gasteiger partial charge < -0.3 is 5.32 Å². The van der Waals surface area contributed by atoms with Gasteiger partial charge in [0.1, 0.15) is 5.82 Å². The number of nitrogens with one attached hydrogen (secondary N) is 2. The van der Waals surface area contributed by atoms with Gasteiger partial charge in [0, 0.05) is 13.1 Å². The predicted octanol–water partition coefficient (Wildman–Crippen LogP) is 2.04. The fourth-order valence-electron chi connectivity index (χ4n) is 1.99. The Balaban J connectivity index is 2.15. The van der Waals surface area contributed by atoms with Gasteiger partial charge in [0.15, 0.2) is 0 Å². The summed E-state index contributed by atoms with van der Waals surface area (Å²) in [5, 5.41) is 3.06. The zero-order valence-corrected chi connectivity index (χ0v) is 12.2. The van der Waals surface area contributed by atoms with E-state index < -0.39 is 32.5 Å². The van der Waals surface area contributed by atoms with Gasteiger partial charge in [-0.3, -0.25) is 0 Å². The average molecular weight is 338 g/mol. The van der Waals surface area contributed by atoms with Gasteiger partial charge >= 0.3 is 6.18 Å². The van der Waals surface area contributed by atoms with E-state index in [2.05, 4.69) is 10.0 Å². The molecule has 1 aromatic carbocycles. The molecule has 0 aliphatic carbocycles. The van der Waals surface area contributed by atoms with E-state index in [1.165, 1.54) is 0 Å². The second-order valence-electron chi connectivity index (χ2n) is 4.78. The van der Waals surface area contributed by atoms with E-state index in [0.717, 1.165) is 18.2 Å². The highest BCUT2D eigenvalue weighted by Gasteiger charge is 2.34. The molecule has 4 nitrogen and oxygen atoms in total. The molecule has 9 heteroatoms. The fraction of sp³-hybridized carbons (Fsp3) is 0.385. The van der Waals surface area contributed by atoms with Gasteiger partial charge in [0.2, 0.25) is 10.0 Å². The molecule has 2 rings (SSSR count). The molecule has 1 heterocycles. The number of hydrogen-bond acceptors (Lipinski definition) is 3. The summed E-state index contributed by atoms with van der Waals surface area (Å²) in [6.07, 6.45) is -2.36. The van der Waals surface area contributed by atoms with Crippen LogP contribution >= 0.6 is 0 Å². The lowest BCUT2D eigenvalue weighted by atomic mass is 10.1. The van der Waals surface area contributed by atoms with Crippen molar-refractivity contribution in [3.63, 3.8) is 0 Å². The Hall–Kier alpha value is -1.45. The lowest BCUT2D eigenvalue weighted by molar-refractivity contribution is -0.140. The normalized spacial score (nSPS) is 16.5. The topological polar surface area (TPSA) is 58.2 Å². The molecule has 0 unspecified atom stereocenters. The highest BCUT2D eigenvalue weighted by Crippen LogP contribution is 2.32. The first-order valence-corrected chi connectivity index (χ1v) is 7.93. The first-order valence-electron chi connectivity index (χ1n) is 6.45. The molecule has 2 N–H and O–H groups in total. The number of rotatable bonds is 4. The van der Waals surface area contributed by atoms with Crippen molar-refractivity contribution in [1.29, 1.82) is 0 Å². The van der Waals surface area contributed by atoms with Crippen molar-refractivity contribution in [3.05, 3.63) is 41.2 Å². The molecule has 1 aliphatic heterocycles. The second-order valence-corrected chi connectivity index (χ2v) is 6.55. The zero-order chi connectivity index (χ0) is 16.4. The summed E-state index contributed by atoms with van der Waals surface area (Å²) in [6.45, 7) is 1.40. The smallest absolute Gasteiger partial charge is 0.313 e. The summed E-state index contributed by atoms with van der Waals surface area (Å²) in [5.41, 5.74) is -0.623. The first-order chi connectivity index (χ1) is 10.2. The summed E-state index contributed by atoms with van der Waals surface area (Å²) < 4.78 is 77.0. The Morgan fingerprint density at radius 3 is 2.55 bits per heavy atom. The van der Waals surface area contributed by atoms with Crippen LogP contribution in [0.2, 0.25) is 0 Å². The van der Waals surface area contributed by atoms with E-state index in [0.29, 0.717) is 25.1 Å². The van der Waals surface area contributed by atoms with Crippen molar-refractivity contribution in [3.8, 4) is 0 Å². The molecule has 22 heavy (non-hydrogen) atoms. The minimum atomic E-state index is -4.86.